The second-order valence-corrected chi connectivity index (χ2v) is 8.13. The van der Waals surface area contributed by atoms with Crippen molar-refractivity contribution >= 4 is 0 Å². The lowest BCUT2D eigenvalue weighted by atomic mass is 9.63. The van der Waals surface area contributed by atoms with E-state index in [1.165, 1.54) is 96.3 Å². The highest BCUT2D eigenvalue weighted by atomic mass is 14.4. The van der Waals surface area contributed by atoms with E-state index in [1.807, 2.05) is 5.92 Å². The second-order valence-electron chi connectivity index (χ2n) is 8.13. The Morgan fingerprint density at radius 3 is 1.83 bits per heavy atom. The Balaban J connectivity index is 5.01. The summed E-state index contributed by atoms with van der Waals surface area (Å²) in [6.07, 6.45) is 21.0. The SMILES string of the molecule is CCCCCC[C](CC(CC)CCCC)C(CC)(CC)CCCC. The molecule has 1 unspecified atom stereocenters. The van der Waals surface area contributed by atoms with Gasteiger partial charge in [-0.25, -0.2) is 0 Å². The molecule has 0 aliphatic heterocycles. The Kier molecular flexibility index (Phi) is 15.3. The third-order valence-corrected chi connectivity index (χ3v) is 6.52. The lowest BCUT2D eigenvalue weighted by Gasteiger charge is -2.41. The summed E-state index contributed by atoms with van der Waals surface area (Å²) >= 11 is 0. The van der Waals surface area contributed by atoms with Gasteiger partial charge in [0.25, 0.3) is 0 Å². The van der Waals surface area contributed by atoms with Crippen LogP contribution in [0.4, 0.5) is 0 Å². The Morgan fingerprint density at radius 1 is 0.708 bits per heavy atom. The maximum Gasteiger partial charge on any atom is -0.0177 e. The lowest BCUT2D eigenvalue weighted by molar-refractivity contribution is 0.207. The van der Waals surface area contributed by atoms with E-state index in [4.69, 9.17) is 0 Å². The number of unbranched alkanes of at least 4 members (excludes halogenated alkanes) is 5. The first-order chi connectivity index (χ1) is 11.6. The standard InChI is InChI=1S/C24H49/c1-7-13-16-17-19-23(21-22(10-4)18-14-8-2)24(11-5,12-6)20-15-9-3/h22H,7-21H2,1-6H3. The minimum Gasteiger partial charge on any atom is -0.0654 e. The molecule has 0 heterocycles. The smallest absolute Gasteiger partial charge is 0.0177 e. The summed E-state index contributed by atoms with van der Waals surface area (Å²) in [5.74, 6) is 2.89. The maximum absolute atomic E-state index is 2.46. The van der Waals surface area contributed by atoms with Crippen molar-refractivity contribution in [3.05, 3.63) is 5.92 Å². The largest absolute Gasteiger partial charge is 0.0654 e. The molecule has 0 bridgehead atoms. The van der Waals surface area contributed by atoms with Gasteiger partial charge in [0.1, 0.15) is 0 Å². The van der Waals surface area contributed by atoms with Crippen molar-refractivity contribution in [1.29, 1.82) is 0 Å². The highest BCUT2D eigenvalue weighted by Crippen LogP contribution is 2.48. The molecule has 0 spiro atoms. The van der Waals surface area contributed by atoms with Crippen molar-refractivity contribution in [2.24, 2.45) is 11.3 Å². The fourth-order valence-corrected chi connectivity index (χ4v) is 4.44. The van der Waals surface area contributed by atoms with Crippen LogP contribution in [0, 0.1) is 17.3 Å². The van der Waals surface area contributed by atoms with Gasteiger partial charge in [-0.05, 0) is 49.4 Å². The van der Waals surface area contributed by atoms with E-state index in [0.717, 1.165) is 5.92 Å². The minimum atomic E-state index is 0.544. The van der Waals surface area contributed by atoms with Crippen LogP contribution in [0.5, 0.6) is 0 Å². The maximum atomic E-state index is 2.46. The fraction of sp³-hybridized carbons (Fsp3) is 0.958. The molecule has 0 rings (SSSR count). The van der Waals surface area contributed by atoms with Crippen LogP contribution in [0.2, 0.25) is 0 Å². The average molecular weight is 338 g/mol. The lowest BCUT2D eigenvalue weighted by Crippen LogP contribution is -2.30. The van der Waals surface area contributed by atoms with E-state index in [-0.39, 0.29) is 0 Å². The van der Waals surface area contributed by atoms with Crippen molar-refractivity contribution in [3.8, 4) is 0 Å². The molecule has 0 aliphatic rings. The first-order valence-electron chi connectivity index (χ1n) is 11.5. The summed E-state index contributed by atoms with van der Waals surface area (Å²) in [5.41, 5.74) is 0.544. The molecule has 0 nitrogen and oxygen atoms in total. The average Bonchev–Trinajstić information content (AvgIpc) is 2.62. The van der Waals surface area contributed by atoms with E-state index >= 15 is 0 Å². The number of hydrogen-bond donors (Lipinski definition) is 0. The van der Waals surface area contributed by atoms with E-state index < -0.39 is 0 Å². The molecular formula is C24H49. The highest BCUT2D eigenvalue weighted by Gasteiger charge is 2.35. The van der Waals surface area contributed by atoms with Gasteiger partial charge in [-0.2, -0.15) is 0 Å². The number of rotatable bonds is 17. The van der Waals surface area contributed by atoms with Gasteiger partial charge in [-0.1, -0.05) is 106 Å². The van der Waals surface area contributed by atoms with Crippen LogP contribution in [0.25, 0.3) is 0 Å². The van der Waals surface area contributed by atoms with Crippen molar-refractivity contribution in [3.63, 3.8) is 0 Å². The zero-order valence-corrected chi connectivity index (χ0v) is 18.2. The zero-order chi connectivity index (χ0) is 18.3. The summed E-state index contributed by atoms with van der Waals surface area (Å²) in [5, 5.41) is 0. The summed E-state index contributed by atoms with van der Waals surface area (Å²) in [6, 6.07) is 0. The van der Waals surface area contributed by atoms with Crippen LogP contribution in [0.15, 0.2) is 0 Å². The van der Waals surface area contributed by atoms with Crippen LogP contribution < -0.4 is 0 Å². The van der Waals surface area contributed by atoms with Crippen molar-refractivity contribution in [2.75, 3.05) is 0 Å². The first kappa shape index (κ1) is 24.0. The molecule has 0 amide bonds. The van der Waals surface area contributed by atoms with Gasteiger partial charge in [-0.3, -0.25) is 0 Å². The van der Waals surface area contributed by atoms with Crippen molar-refractivity contribution in [2.45, 2.75) is 138 Å². The second kappa shape index (κ2) is 15.3. The molecule has 0 aromatic heterocycles. The monoisotopic (exact) mass is 337 g/mol. The first-order valence-corrected chi connectivity index (χ1v) is 11.5. The van der Waals surface area contributed by atoms with Crippen LogP contribution in [0.1, 0.15) is 138 Å². The van der Waals surface area contributed by atoms with Gasteiger partial charge in [0.05, 0.1) is 0 Å². The van der Waals surface area contributed by atoms with Gasteiger partial charge in [0.15, 0.2) is 0 Å². The Morgan fingerprint density at radius 2 is 1.33 bits per heavy atom. The normalized spacial score (nSPS) is 13.6. The van der Waals surface area contributed by atoms with Gasteiger partial charge in [0, 0.05) is 0 Å². The molecule has 24 heavy (non-hydrogen) atoms. The molecule has 0 saturated carbocycles. The molecule has 0 aliphatic carbocycles. The van der Waals surface area contributed by atoms with Crippen LogP contribution in [-0.4, -0.2) is 0 Å². The Bertz CT molecular complexity index is 251. The van der Waals surface area contributed by atoms with E-state index in [9.17, 15) is 0 Å². The molecule has 1 radical (unpaired) electrons. The predicted octanol–water partition coefficient (Wildman–Crippen LogP) is 9.13. The molecule has 145 valence electrons. The molecule has 1 atom stereocenters. The minimum absolute atomic E-state index is 0.544. The third-order valence-electron chi connectivity index (χ3n) is 6.52. The topological polar surface area (TPSA) is 0 Å². The summed E-state index contributed by atoms with van der Waals surface area (Å²) in [7, 11) is 0. The molecule has 0 saturated heterocycles. The van der Waals surface area contributed by atoms with Gasteiger partial charge >= 0.3 is 0 Å². The highest BCUT2D eigenvalue weighted by molar-refractivity contribution is 5.07. The van der Waals surface area contributed by atoms with Crippen LogP contribution >= 0.6 is 0 Å². The van der Waals surface area contributed by atoms with Gasteiger partial charge in [-0.15, -0.1) is 0 Å². The Labute approximate surface area is 155 Å². The predicted molar refractivity (Wildman–Crippen MR) is 112 cm³/mol. The third kappa shape index (κ3) is 8.91. The molecule has 0 N–H and O–H groups in total. The quantitative estimate of drug-likeness (QED) is 0.232. The van der Waals surface area contributed by atoms with E-state index in [1.54, 1.807) is 0 Å². The summed E-state index contributed by atoms with van der Waals surface area (Å²) in [4.78, 5) is 0. The van der Waals surface area contributed by atoms with Crippen molar-refractivity contribution in [1.82, 2.24) is 0 Å². The van der Waals surface area contributed by atoms with Crippen LogP contribution in [0.3, 0.4) is 0 Å². The summed E-state index contributed by atoms with van der Waals surface area (Å²) in [6.45, 7) is 14.3. The molecule has 0 aromatic carbocycles. The fourth-order valence-electron chi connectivity index (χ4n) is 4.44. The number of hydrogen-bond acceptors (Lipinski definition) is 0. The molecule has 0 heteroatoms. The zero-order valence-electron chi connectivity index (χ0n) is 18.2. The van der Waals surface area contributed by atoms with Gasteiger partial charge < -0.3 is 0 Å². The van der Waals surface area contributed by atoms with Gasteiger partial charge in [0.2, 0.25) is 0 Å². The van der Waals surface area contributed by atoms with Crippen LogP contribution in [-0.2, 0) is 0 Å². The van der Waals surface area contributed by atoms with E-state index in [2.05, 4.69) is 41.5 Å². The Hall–Kier alpha value is 0. The van der Waals surface area contributed by atoms with E-state index in [0.29, 0.717) is 5.41 Å². The molecule has 0 aromatic rings. The molecular weight excluding hydrogens is 288 g/mol. The molecule has 0 fully saturated rings. The summed E-state index contributed by atoms with van der Waals surface area (Å²) < 4.78 is 0. The van der Waals surface area contributed by atoms with Crippen molar-refractivity contribution < 1.29 is 0 Å².